The molecule has 0 aromatic heterocycles. The van der Waals surface area contributed by atoms with Gasteiger partial charge in [-0.05, 0) is 149 Å². The maximum Gasteiger partial charge on any atom is 0.126 e. The van der Waals surface area contributed by atoms with Gasteiger partial charge in [0.2, 0.25) is 0 Å². The summed E-state index contributed by atoms with van der Waals surface area (Å²) in [6.45, 7) is 42.3. The molecule has 0 atom stereocenters. The van der Waals surface area contributed by atoms with Gasteiger partial charge in [0.15, 0.2) is 0 Å². The molecule has 0 fully saturated rings. The van der Waals surface area contributed by atoms with E-state index in [9.17, 15) is 0 Å². The molecule has 0 spiro atoms. The highest BCUT2D eigenvalue weighted by atomic mass is 79.9. The number of rotatable bonds is 4. The predicted molar refractivity (Wildman–Crippen MR) is 357 cm³/mol. The molecule has 7 aromatic carbocycles. The van der Waals surface area contributed by atoms with Crippen LogP contribution in [0.5, 0.6) is 34.5 Å². The maximum absolute atomic E-state index is 7.52. The summed E-state index contributed by atoms with van der Waals surface area (Å²) < 4.78 is 43.0. The lowest BCUT2D eigenvalue weighted by molar-refractivity contribution is 0.292. The second-order valence-corrected chi connectivity index (χ2v) is 31.4. The number of methoxy groups -OCH3 is 4. The molecule has 0 radical (unpaired) electrons. The Kier molecular flexibility index (Phi) is 17.5. The molecule has 7 aromatic rings. The van der Waals surface area contributed by atoms with Crippen molar-refractivity contribution in [3.05, 3.63) is 207 Å². The third-order valence-electron chi connectivity index (χ3n) is 17.7. The monoisotopic (exact) mass is 1210 g/mol. The molecule has 0 unspecified atom stereocenters. The third-order valence-corrected chi connectivity index (χ3v) is 18.7. The molecule has 0 N–H and O–H groups in total. The normalized spacial score (nSPS) is 14.3. The summed E-state index contributed by atoms with van der Waals surface area (Å²) in [4.78, 5) is 0. The molecule has 6 nitrogen and oxygen atoms in total. The molecule has 2 aliphatic rings. The fourth-order valence-electron chi connectivity index (χ4n) is 12.5. The molecule has 0 aliphatic carbocycles. The van der Waals surface area contributed by atoms with Gasteiger partial charge in [-0.3, -0.25) is 0 Å². The Morgan fingerprint density at radius 2 is 0.459 bits per heavy atom. The van der Waals surface area contributed by atoms with Crippen LogP contribution in [-0.2, 0) is 84.2 Å². The first-order valence-corrected chi connectivity index (χ1v) is 31.5. The lowest BCUT2D eigenvalue weighted by Gasteiger charge is -2.29. The fourth-order valence-corrected chi connectivity index (χ4v) is 13.0. The zero-order valence-corrected chi connectivity index (χ0v) is 57.2. The van der Waals surface area contributed by atoms with E-state index in [-0.39, 0.29) is 32.5 Å². The van der Waals surface area contributed by atoms with Crippen molar-refractivity contribution in [2.45, 2.75) is 209 Å². The van der Waals surface area contributed by atoms with E-state index in [1.54, 1.807) is 0 Å². The second kappa shape index (κ2) is 23.5. The Morgan fingerprint density at radius 3 is 0.635 bits per heavy atom. The van der Waals surface area contributed by atoms with Gasteiger partial charge in [0.25, 0.3) is 0 Å². The Hall–Kier alpha value is -6.18. The van der Waals surface area contributed by atoms with Crippen molar-refractivity contribution < 1.29 is 28.4 Å². The summed E-state index contributed by atoms with van der Waals surface area (Å²) in [7, 11) is 7.34. The van der Waals surface area contributed by atoms with E-state index in [1.807, 2.05) is 28.4 Å². The summed E-state index contributed by atoms with van der Waals surface area (Å²) in [5, 5.41) is 0. The number of hydrogen-bond acceptors (Lipinski definition) is 6. The van der Waals surface area contributed by atoms with Crippen molar-refractivity contribution in [2.24, 2.45) is 0 Å². The van der Waals surface area contributed by atoms with Crippen LogP contribution in [0.4, 0.5) is 0 Å². The van der Waals surface area contributed by atoms with Crippen LogP contribution in [-0.4, -0.2) is 28.4 Å². The Bertz CT molecular complexity index is 3240. The first-order valence-electron chi connectivity index (χ1n) is 30.7. The minimum atomic E-state index is -0.203. The van der Waals surface area contributed by atoms with Crippen LogP contribution in [0.2, 0.25) is 0 Å². The summed E-state index contributed by atoms with van der Waals surface area (Å²) in [6, 6.07) is 35.1. The smallest absolute Gasteiger partial charge is 0.126 e. The van der Waals surface area contributed by atoms with Crippen molar-refractivity contribution in [1.29, 1.82) is 0 Å². The van der Waals surface area contributed by atoms with Crippen molar-refractivity contribution >= 4 is 15.9 Å². The maximum atomic E-state index is 7.52. The van der Waals surface area contributed by atoms with Crippen molar-refractivity contribution in [1.82, 2.24) is 0 Å². The van der Waals surface area contributed by atoms with Gasteiger partial charge in [-0.2, -0.15) is 0 Å². The van der Waals surface area contributed by atoms with E-state index in [4.69, 9.17) is 28.4 Å². The molecule has 452 valence electrons. The molecule has 2 aliphatic heterocycles. The van der Waals surface area contributed by atoms with Gasteiger partial charge in [0, 0.05) is 54.1 Å². The topological polar surface area (TPSA) is 55.4 Å². The number of ether oxygens (including phenoxy) is 6. The summed E-state index contributed by atoms with van der Waals surface area (Å²) in [6.07, 6.45) is 3.45. The fraction of sp³-hybridized carbons (Fsp3) is 0.462. The van der Waals surface area contributed by atoms with Crippen molar-refractivity contribution in [3.8, 4) is 34.5 Å². The molecule has 9 rings (SSSR count). The first-order chi connectivity index (χ1) is 39.6. The lowest BCUT2D eigenvalue weighted by atomic mass is 9.79. The number of halogens is 1. The van der Waals surface area contributed by atoms with E-state index in [2.05, 4.69) is 232 Å². The van der Waals surface area contributed by atoms with E-state index >= 15 is 0 Å². The summed E-state index contributed by atoms with van der Waals surface area (Å²) in [5.74, 6) is 5.23. The standard InChI is InChI=1S/C78H97BrO6/c1-73(2,3)60-32-48-26-49-33-61(74(4,5)6)37-53(68(49)81-20)29-58-42-65(78(16,17)18)43-59-31-55-39-63(76(10,11)12)35-51(70(55)83-22)27-50-34-62(75(7,8)9)38-54(69(50)82-21)30-57-41-64(77(13,14)15)40-56(28-52(36-60)67(48)80-19)71(57)84-44-46-24-23-25-47(66(46)79)45-85-72(58)59/h23-25,32-43H,26-31,44-45H2,1-22H3. The SMILES string of the molecule is COc1c2cc(C(C)(C)C)cc1Cc1cc(C(C)(C)C)cc3c1OCc1cccc(c1Br)COc1c(cc(C(C)(C)C)cc1Cc1cc(C(C)(C)C)cc(c1OC)Cc1cc(C(C)(C)C)cc(c1OC)C3)Cc1cc(C(C)(C)C)cc(c1OC)C2. The Morgan fingerprint density at radius 1 is 0.282 bits per heavy atom. The van der Waals surface area contributed by atoms with E-state index in [0.717, 1.165) is 117 Å². The molecule has 0 saturated carbocycles. The van der Waals surface area contributed by atoms with Crippen molar-refractivity contribution in [2.75, 3.05) is 28.4 Å². The number of benzene rings is 7. The second-order valence-electron chi connectivity index (χ2n) is 30.6. The minimum absolute atomic E-state index is 0.180. The molecule has 85 heavy (non-hydrogen) atoms. The van der Waals surface area contributed by atoms with Gasteiger partial charge in [-0.15, -0.1) is 0 Å². The molecule has 2 heterocycles. The molecular formula is C78H97BrO6. The van der Waals surface area contributed by atoms with Crippen LogP contribution in [0.25, 0.3) is 0 Å². The van der Waals surface area contributed by atoms with Gasteiger partial charge in [0.1, 0.15) is 47.7 Å². The first kappa shape index (κ1) is 63.3. The quantitative estimate of drug-likeness (QED) is 0.175. The van der Waals surface area contributed by atoms with E-state index < -0.39 is 0 Å². The molecular weight excluding hydrogens is 1110 g/mol. The number of hydrogen-bond donors (Lipinski definition) is 0. The number of fused-ring (bicyclic) bond motifs is 10. The van der Waals surface area contributed by atoms with Crippen LogP contribution in [0.3, 0.4) is 0 Å². The summed E-state index contributed by atoms with van der Waals surface area (Å²) >= 11 is 4.18. The third kappa shape index (κ3) is 13.5. The highest BCUT2D eigenvalue weighted by molar-refractivity contribution is 9.10. The summed E-state index contributed by atoms with van der Waals surface area (Å²) in [5.41, 5.74) is 21.6. The van der Waals surface area contributed by atoms with E-state index in [1.165, 1.54) is 33.4 Å². The minimum Gasteiger partial charge on any atom is -0.496 e. The van der Waals surface area contributed by atoms with Crippen LogP contribution in [0, 0.1) is 0 Å². The zero-order chi connectivity index (χ0) is 62.1. The zero-order valence-electron chi connectivity index (χ0n) is 55.6. The van der Waals surface area contributed by atoms with E-state index in [0.29, 0.717) is 51.7 Å². The van der Waals surface area contributed by atoms with Crippen LogP contribution in [0.1, 0.15) is 236 Å². The van der Waals surface area contributed by atoms with Gasteiger partial charge in [-0.1, -0.05) is 216 Å². The van der Waals surface area contributed by atoms with Gasteiger partial charge in [-0.25, -0.2) is 0 Å². The molecule has 0 saturated heterocycles. The highest BCUT2D eigenvalue weighted by Crippen LogP contribution is 2.47. The molecule has 7 heteroatoms. The Labute approximate surface area is 519 Å². The van der Waals surface area contributed by atoms with Gasteiger partial charge >= 0.3 is 0 Å². The van der Waals surface area contributed by atoms with Crippen LogP contribution in [0.15, 0.2) is 95.5 Å². The molecule has 0 amide bonds. The van der Waals surface area contributed by atoms with Gasteiger partial charge in [0.05, 0.1) is 28.4 Å². The predicted octanol–water partition coefficient (Wildman–Crippen LogP) is 19.6. The van der Waals surface area contributed by atoms with Crippen molar-refractivity contribution in [3.63, 3.8) is 0 Å². The van der Waals surface area contributed by atoms with Gasteiger partial charge < -0.3 is 28.4 Å². The average molecular weight is 1210 g/mol. The average Bonchev–Trinajstić information content (AvgIpc) is 2.46. The van der Waals surface area contributed by atoms with Crippen LogP contribution < -0.4 is 28.4 Å². The van der Waals surface area contributed by atoms with Crippen LogP contribution >= 0.6 is 15.9 Å². The highest BCUT2D eigenvalue weighted by Gasteiger charge is 2.31. The largest absolute Gasteiger partial charge is 0.496 e. The Balaban J connectivity index is 1.50. The molecule has 12 bridgehead atoms. The lowest BCUT2D eigenvalue weighted by Crippen LogP contribution is -2.17.